The summed E-state index contributed by atoms with van der Waals surface area (Å²) in [5, 5.41) is 2.46. The molecule has 33 heavy (non-hydrogen) atoms. The zero-order valence-corrected chi connectivity index (χ0v) is 19.9. The molecule has 0 unspecified atom stereocenters. The van der Waals surface area contributed by atoms with Crippen LogP contribution in [0.4, 0.5) is 11.4 Å². The minimum absolute atomic E-state index is 0.520. The second-order valence-electron chi connectivity index (χ2n) is 8.03. The minimum atomic E-state index is 0.520. The molecule has 0 aliphatic carbocycles. The van der Waals surface area contributed by atoms with Gasteiger partial charge in [-0.25, -0.2) is 0 Å². The first-order valence-corrected chi connectivity index (χ1v) is 11.9. The van der Waals surface area contributed by atoms with E-state index in [-0.39, 0.29) is 0 Å². The molecule has 1 heterocycles. The standard InChI is InChI=1S/C28H25BrN2O2/c29-27-18-21(19-30-25-8-10-26(11-9-25)31-13-15-32-16-14-31)6-12-28(27)33-20-22-5-7-23-3-1-2-4-24(23)17-22/h1-12,17-19H,13-16,20H2. The van der Waals surface area contributed by atoms with Gasteiger partial charge in [0.05, 0.1) is 23.4 Å². The Labute approximate surface area is 202 Å². The van der Waals surface area contributed by atoms with Gasteiger partial charge in [0.1, 0.15) is 12.4 Å². The van der Waals surface area contributed by atoms with Crippen molar-refractivity contribution in [2.75, 3.05) is 31.2 Å². The molecular weight excluding hydrogens is 476 g/mol. The zero-order chi connectivity index (χ0) is 22.5. The summed E-state index contributed by atoms with van der Waals surface area (Å²) < 4.78 is 12.4. The highest BCUT2D eigenvalue weighted by Gasteiger charge is 2.10. The third-order valence-corrected chi connectivity index (χ3v) is 6.37. The van der Waals surface area contributed by atoms with Crippen LogP contribution in [0.1, 0.15) is 11.1 Å². The van der Waals surface area contributed by atoms with Gasteiger partial charge in [-0.15, -0.1) is 0 Å². The first kappa shape index (κ1) is 21.7. The van der Waals surface area contributed by atoms with Crippen molar-refractivity contribution in [3.05, 3.63) is 101 Å². The molecule has 0 aromatic heterocycles. The van der Waals surface area contributed by atoms with Gasteiger partial charge in [0.25, 0.3) is 0 Å². The van der Waals surface area contributed by atoms with Crippen LogP contribution in [0.5, 0.6) is 5.75 Å². The molecule has 0 bridgehead atoms. The topological polar surface area (TPSA) is 34.1 Å². The largest absolute Gasteiger partial charge is 0.488 e. The quantitative estimate of drug-likeness (QED) is 0.274. The number of halogens is 1. The Morgan fingerprint density at radius 1 is 0.879 bits per heavy atom. The first-order chi connectivity index (χ1) is 16.2. The number of benzene rings is 4. The number of ether oxygens (including phenoxy) is 2. The third-order valence-electron chi connectivity index (χ3n) is 5.75. The average molecular weight is 501 g/mol. The summed E-state index contributed by atoms with van der Waals surface area (Å²) >= 11 is 3.64. The van der Waals surface area contributed by atoms with Crippen LogP contribution in [0.25, 0.3) is 10.8 Å². The van der Waals surface area contributed by atoms with E-state index >= 15 is 0 Å². The van der Waals surface area contributed by atoms with Crippen molar-refractivity contribution in [2.45, 2.75) is 6.61 Å². The fraction of sp³-hybridized carbons (Fsp3) is 0.179. The summed E-state index contributed by atoms with van der Waals surface area (Å²) in [6, 6.07) is 29.2. The molecule has 5 heteroatoms. The number of hydrogen-bond acceptors (Lipinski definition) is 4. The lowest BCUT2D eigenvalue weighted by Gasteiger charge is -2.28. The summed E-state index contributed by atoms with van der Waals surface area (Å²) in [6.07, 6.45) is 1.88. The van der Waals surface area contributed by atoms with Crippen LogP contribution < -0.4 is 9.64 Å². The van der Waals surface area contributed by atoms with Gasteiger partial charge in [0, 0.05) is 25.0 Å². The van der Waals surface area contributed by atoms with Crippen molar-refractivity contribution in [2.24, 2.45) is 4.99 Å². The van der Waals surface area contributed by atoms with E-state index in [0.717, 1.165) is 53.3 Å². The summed E-state index contributed by atoms with van der Waals surface area (Å²) in [4.78, 5) is 6.96. The second-order valence-corrected chi connectivity index (χ2v) is 8.89. The molecule has 0 atom stereocenters. The highest BCUT2D eigenvalue weighted by atomic mass is 79.9. The van der Waals surface area contributed by atoms with Gasteiger partial charge in [-0.1, -0.05) is 36.4 Å². The van der Waals surface area contributed by atoms with Crippen LogP contribution in [0.2, 0.25) is 0 Å². The van der Waals surface area contributed by atoms with Gasteiger partial charge in [-0.05, 0) is 86.4 Å². The third kappa shape index (κ3) is 5.44. The van der Waals surface area contributed by atoms with Gasteiger partial charge in [0.2, 0.25) is 0 Å². The molecule has 1 saturated heterocycles. The molecule has 0 radical (unpaired) electrons. The van der Waals surface area contributed by atoms with Crippen LogP contribution in [0.3, 0.4) is 0 Å². The zero-order valence-electron chi connectivity index (χ0n) is 18.3. The Bertz CT molecular complexity index is 1260. The molecule has 1 aliphatic rings. The SMILES string of the molecule is Brc1cc(C=Nc2ccc(N3CCOCC3)cc2)ccc1OCc1ccc2ccccc2c1. The average Bonchev–Trinajstić information content (AvgIpc) is 2.87. The van der Waals surface area contributed by atoms with E-state index in [1.165, 1.54) is 16.5 Å². The normalized spacial score (nSPS) is 14.2. The van der Waals surface area contributed by atoms with Gasteiger partial charge in [-0.3, -0.25) is 4.99 Å². The van der Waals surface area contributed by atoms with Gasteiger partial charge in [-0.2, -0.15) is 0 Å². The van der Waals surface area contributed by atoms with E-state index in [2.05, 4.69) is 92.6 Å². The first-order valence-electron chi connectivity index (χ1n) is 11.1. The maximum atomic E-state index is 6.06. The Hall–Kier alpha value is -3.15. The lowest BCUT2D eigenvalue weighted by molar-refractivity contribution is 0.122. The molecule has 0 spiro atoms. The molecule has 5 rings (SSSR count). The Balaban J connectivity index is 1.21. The Morgan fingerprint density at radius 3 is 2.45 bits per heavy atom. The molecule has 1 aliphatic heterocycles. The number of aliphatic imine (C=N–C) groups is 1. The van der Waals surface area contributed by atoms with Crippen molar-refractivity contribution in [3.8, 4) is 5.75 Å². The van der Waals surface area contributed by atoms with Crippen molar-refractivity contribution in [1.29, 1.82) is 0 Å². The molecule has 4 aromatic carbocycles. The minimum Gasteiger partial charge on any atom is -0.488 e. The van der Waals surface area contributed by atoms with Crippen LogP contribution in [-0.4, -0.2) is 32.5 Å². The van der Waals surface area contributed by atoms with E-state index in [4.69, 9.17) is 9.47 Å². The summed E-state index contributed by atoms with van der Waals surface area (Å²) in [5.74, 6) is 0.815. The monoisotopic (exact) mass is 500 g/mol. The van der Waals surface area contributed by atoms with Crippen molar-refractivity contribution >= 4 is 44.3 Å². The number of hydrogen-bond donors (Lipinski definition) is 0. The van der Waals surface area contributed by atoms with E-state index in [9.17, 15) is 0 Å². The lowest BCUT2D eigenvalue weighted by Crippen LogP contribution is -2.36. The summed E-state index contributed by atoms with van der Waals surface area (Å²) in [6.45, 7) is 3.97. The van der Waals surface area contributed by atoms with Gasteiger partial charge >= 0.3 is 0 Å². The summed E-state index contributed by atoms with van der Waals surface area (Å²) in [7, 11) is 0. The molecule has 0 saturated carbocycles. The highest BCUT2D eigenvalue weighted by molar-refractivity contribution is 9.10. The maximum absolute atomic E-state index is 6.06. The molecule has 1 fully saturated rings. The molecule has 166 valence electrons. The molecule has 0 N–H and O–H groups in total. The van der Waals surface area contributed by atoms with Crippen LogP contribution in [-0.2, 0) is 11.3 Å². The van der Waals surface area contributed by atoms with E-state index in [1.807, 2.05) is 24.4 Å². The van der Waals surface area contributed by atoms with Gasteiger partial charge < -0.3 is 14.4 Å². The number of morpholine rings is 1. The number of rotatable bonds is 6. The molecule has 4 aromatic rings. The molecule has 4 nitrogen and oxygen atoms in total. The van der Waals surface area contributed by atoms with Crippen LogP contribution >= 0.6 is 15.9 Å². The molecular formula is C28H25BrN2O2. The van der Waals surface area contributed by atoms with Crippen LogP contribution in [0, 0.1) is 0 Å². The smallest absolute Gasteiger partial charge is 0.134 e. The Kier molecular flexibility index (Phi) is 6.70. The van der Waals surface area contributed by atoms with E-state index in [1.54, 1.807) is 0 Å². The highest BCUT2D eigenvalue weighted by Crippen LogP contribution is 2.27. The fourth-order valence-electron chi connectivity index (χ4n) is 3.92. The number of fused-ring (bicyclic) bond motifs is 1. The predicted molar refractivity (Wildman–Crippen MR) is 139 cm³/mol. The van der Waals surface area contributed by atoms with E-state index < -0.39 is 0 Å². The van der Waals surface area contributed by atoms with Gasteiger partial charge in [0.15, 0.2) is 0 Å². The number of nitrogens with zero attached hydrogens (tertiary/aromatic N) is 2. The second kappa shape index (κ2) is 10.2. The van der Waals surface area contributed by atoms with Crippen molar-refractivity contribution < 1.29 is 9.47 Å². The predicted octanol–water partition coefficient (Wildman–Crippen LogP) is 6.77. The van der Waals surface area contributed by atoms with Crippen molar-refractivity contribution in [3.63, 3.8) is 0 Å². The fourth-order valence-corrected chi connectivity index (χ4v) is 4.44. The Morgan fingerprint density at radius 2 is 1.67 bits per heavy atom. The lowest BCUT2D eigenvalue weighted by atomic mass is 10.1. The number of anilines is 1. The molecule has 0 amide bonds. The van der Waals surface area contributed by atoms with E-state index in [0.29, 0.717) is 6.61 Å². The van der Waals surface area contributed by atoms with Crippen LogP contribution in [0.15, 0.2) is 94.4 Å². The van der Waals surface area contributed by atoms with Crippen molar-refractivity contribution in [1.82, 2.24) is 0 Å². The summed E-state index contributed by atoms with van der Waals surface area (Å²) in [5.41, 5.74) is 4.30. The maximum Gasteiger partial charge on any atom is 0.134 e.